The van der Waals surface area contributed by atoms with Crippen LogP contribution < -0.4 is 69.6 Å². The minimum atomic E-state index is -1.84. The third kappa shape index (κ3) is 27.7. The molecule has 0 aliphatic heterocycles. The average molecular weight is 1550 g/mol. The van der Waals surface area contributed by atoms with E-state index in [1.165, 1.54) is 19.4 Å². The van der Waals surface area contributed by atoms with Crippen molar-refractivity contribution in [2.24, 2.45) is 50.5 Å². The Kier molecular flexibility index (Phi) is 33.3. The number of carbonyl (C=O) groups is 11. The maximum absolute atomic E-state index is 14.5. The van der Waals surface area contributed by atoms with Gasteiger partial charge in [0.15, 0.2) is 16.7 Å². The van der Waals surface area contributed by atoms with Gasteiger partial charge in [-0.1, -0.05) is 143 Å². The fourth-order valence-corrected chi connectivity index (χ4v) is 13.8. The van der Waals surface area contributed by atoms with Crippen molar-refractivity contribution in [2.45, 2.75) is 180 Å². The number of ether oxygens (including phenoxy) is 4. The van der Waals surface area contributed by atoms with Gasteiger partial charge < -0.3 is 78.1 Å². The Labute approximate surface area is 640 Å². The maximum atomic E-state index is 14.5. The molecule has 3 aliphatic carbocycles. The van der Waals surface area contributed by atoms with Crippen molar-refractivity contribution < 1.29 is 86.9 Å². The molecule has 0 saturated heterocycles. The van der Waals surface area contributed by atoms with Crippen LogP contribution in [0.4, 0.5) is 0 Å². The molecule has 11 atom stereocenters. The number of nitro groups is 2. The lowest BCUT2D eigenvalue weighted by Crippen LogP contribution is -2.59. The van der Waals surface area contributed by atoms with Gasteiger partial charge in [-0.15, -0.1) is 0 Å². The number of aliphatic hydroxyl groups is 1. The van der Waals surface area contributed by atoms with E-state index in [4.69, 9.17) is 30.4 Å². The lowest BCUT2D eigenvalue weighted by molar-refractivity contribution is -0.525. The molecule has 0 spiro atoms. The average Bonchev–Trinajstić information content (AvgIpc) is 1.66. The minimum Gasteiger partial charge on any atom is -0.484 e. The Morgan fingerprint density at radius 3 is 1.49 bits per heavy atom. The van der Waals surface area contributed by atoms with E-state index in [1.807, 2.05) is 12.1 Å². The number of nitrogens with one attached hydrogen (secondary N) is 10. The van der Waals surface area contributed by atoms with Crippen LogP contribution in [0.3, 0.4) is 0 Å². The van der Waals surface area contributed by atoms with E-state index >= 15 is 0 Å². The second-order valence-electron chi connectivity index (χ2n) is 28.4. The number of rotatable bonds is 41. The van der Waals surface area contributed by atoms with E-state index in [-0.39, 0.29) is 70.1 Å². The van der Waals surface area contributed by atoms with Gasteiger partial charge in [-0.25, -0.2) is 35.0 Å². The van der Waals surface area contributed by atoms with Gasteiger partial charge in [0.2, 0.25) is 41.4 Å². The molecule has 0 aromatic heterocycles. The molecule has 8 amide bonds. The summed E-state index contributed by atoms with van der Waals surface area (Å²) in [4.78, 5) is 183. The quantitative estimate of drug-likeness (QED) is 0.00569. The molecule has 0 bridgehead atoms. The molecule has 2 saturated carbocycles. The predicted octanol–water partition coefficient (Wildman–Crippen LogP) is 1.50. The number of carbonyl (C=O) groups excluding carboxylic acids is 11. The Morgan fingerprint density at radius 1 is 0.550 bits per heavy atom. The fraction of sp³-hybridized carbons (Fsp3) is 0.507. The van der Waals surface area contributed by atoms with Crippen LogP contribution in [0.1, 0.15) is 139 Å². The second-order valence-corrected chi connectivity index (χ2v) is 28.4. The van der Waals surface area contributed by atoms with Crippen LogP contribution in [0.15, 0.2) is 119 Å². The molecule has 36 heteroatoms. The Balaban J connectivity index is 1.03. The number of aliphatic hydroxyl groups excluding tert-OH is 1. The van der Waals surface area contributed by atoms with Crippen molar-refractivity contribution in [3.05, 3.63) is 157 Å². The number of hydrogen-bond donors (Lipinski definition) is 13. The molecule has 4 aromatic rings. The van der Waals surface area contributed by atoms with E-state index in [9.17, 15) is 78.1 Å². The summed E-state index contributed by atoms with van der Waals surface area (Å²) in [6.45, 7) is 5.13. The summed E-state index contributed by atoms with van der Waals surface area (Å²) < 4.78 is 22.3. The van der Waals surface area contributed by atoms with Gasteiger partial charge in [-0.2, -0.15) is 0 Å². The number of nitrogens with two attached hydrogens (primary N) is 2. The topological polar surface area (TPSA) is 528 Å². The zero-order valence-electron chi connectivity index (χ0n) is 62.6. The Hall–Kier alpha value is -11.9. The number of nitrogens with zero attached hydrogens (tertiary/aromatic N) is 4. The SMILES string of the molecule is CC(C)[C@H](NC(=O)[C@H](CC(=O)OCc1ccccc1)NC(=O)CNC(=O)[C@H](CCCN=C(N)N[N+](=O)[O-])NC(=O)COc1ccc2c(c1)CC[C@@H]1[C@@H]2CC[C@]2(C)[C@@H](O)CC[C@@H]12)C(=O)N[C@@H](CCCN=C(N)N[N+](=O)[O-])C(=O)NCC(=O)N[C@@H](CC(=O)OCc1ccccc1)C(=O)N[C@H](C(=O)OCc1ccccc1)C(C)C. The van der Waals surface area contributed by atoms with Crippen molar-refractivity contribution in [3.8, 4) is 5.75 Å². The van der Waals surface area contributed by atoms with Crippen molar-refractivity contribution in [2.75, 3.05) is 32.8 Å². The van der Waals surface area contributed by atoms with Gasteiger partial charge in [-0.05, 0) is 139 Å². The molecule has 36 nitrogen and oxygen atoms in total. The van der Waals surface area contributed by atoms with Gasteiger partial charge in [0.1, 0.15) is 61.8 Å². The van der Waals surface area contributed by atoms with Crippen LogP contribution in [0.5, 0.6) is 5.75 Å². The van der Waals surface area contributed by atoms with Gasteiger partial charge >= 0.3 is 17.9 Å². The molecule has 4 aromatic carbocycles. The molecule has 0 radical (unpaired) electrons. The highest BCUT2D eigenvalue weighted by Crippen LogP contribution is 2.61. The summed E-state index contributed by atoms with van der Waals surface area (Å²) in [6, 6.07) is 22.0. The summed E-state index contributed by atoms with van der Waals surface area (Å²) in [7, 11) is 0. The minimum absolute atomic E-state index is 0.0165. The second kappa shape index (κ2) is 42.8. The first-order chi connectivity index (χ1) is 53.0. The molecule has 0 heterocycles. The number of esters is 3. The number of fused-ring (bicyclic) bond motifs is 5. The van der Waals surface area contributed by atoms with Crippen LogP contribution in [0.25, 0.3) is 0 Å². The van der Waals surface area contributed by atoms with Gasteiger partial charge in [-0.3, -0.25) is 47.9 Å². The monoisotopic (exact) mass is 1540 g/mol. The summed E-state index contributed by atoms with van der Waals surface area (Å²) in [6.07, 6.45) is 2.93. The summed E-state index contributed by atoms with van der Waals surface area (Å²) in [5.74, 6) is -11.6. The van der Waals surface area contributed by atoms with Crippen LogP contribution in [-0.2, 0) is 93.2 Å². The lowest BCUT2D eigenvalue weighted by Gasteiger charge is -2.50. The third-order valence-corrected chi connectivity index (χ3v) is 19.6. The highest BCUT2D eigenvalue weighted by atomic mass is 16.7. The van der Waals surface area contributed by atoms with E-state index < -0.39 is 168 Å². The van der Waals surface area contributed by atoms with Gasteiger partial charge in [0.25, 0.3) is 17.8 Å². The van der Waals surface area contributed by atoms with Gasteiger partial charge in [0, 0.05) is 13.1 Å². The van der Waals surface area contributed by atoms with Crippen molar-refractivity contribution in [1.82, 2.24) is 53.4 Å². The largest absolute Gasteiger partial charge is 0.484 e. The molecule has 3 aliphatic rings. The smallest absolute Gasteiger partial charge is 0.329 e. The van der Waals surface area contributed by atoms with Gasteiger partial charge in [0.05, 0.1) is 32.0 Å². The number of hydrazine groups is 2. The number of aliphatic imine (C=N–C) groups is 2. The zero-order chi connectivity index (χ0) is 80.7. The summed E-state index contributed by atoms with van der Waals surface area (Å²) in [5.41, 5.74) is 18.6. The van der Waals surface area contributed by atoms with E-state index in [0.29, 0.717) is 40.2 Å². The van der Waals surface area contributed by atoms with E-state index in [0.717, 1.165) is 44.1 Å². The Bertz CT molecular complexity index is 3970. The molecule has 600 valence electrons. The van der Waals surface area contributed by atoms with Crippen LogP contribution in [-0.4, -0.2) is 167 Å². The molecule has 0 unspecified atom stereocenters. The molecule has 111 heavy (non-hydrogen) atoms. The van der Waals surface area contributed by atoms with E-state index in [2.05, 4.69) is 59.4 Å². The number of hydrogen-bond acceptors (Lipinski definition) is 22. The highest BCUT2D eigenvalue weighted by Gasteiger charge is 2.54. The van der Waals surface area contributed by atoms with Crippen LogP contribution in [0, 0.1) is 49.3 Å². The standard InChI is InChI=1S/C75H100N16O20/c1-44(2)65(71(102)85-56(24-16-34-79-74(77)89-91(106)107)68(99)81-39-61(94)84-58(37-64(97)110-41-47-19-11-7-12-20-47)70(101)87-66(45(3)4)72(103)111-42-48-21-13-8-14-22-48)86-69(100)57(36-63(96)109-40-46-17-9-6-10-18-46)83-60(93)38-80-67(98)55(23-15-33-78-73(76)88-90(104)105)82-62(95)43-108-50-26-28-51-49(35-50)25-27-53-52(51)31-32-75(5)54(53)29-30-59(75)92/h6-14,17-22,26,28,35,44-45,52-59,65-66,92H,15-16,23-25,27,29-34,36-43H2,1-5H3,(H,80,98)(H,81,99)(H,82,95)(H,83,93)(H,84,94)(H,85,102)(H,86,100)(H,87,101)(H3,76,78,88)(H3,77,79,89)/t52-,53-,54+,55+,56+,57+,58+,59+,65+,66+,75+/m1/s1. The van der Waals surface area contributed by atoms with E-state index in [1.54, 1.807) is 122 Å². The number of aryl methyl sites for hydroxylation is 1. The Morgan fingerprint density at radius 2 is 1.01 bits per heavy atom. The normalized spacial score (nSPS) is 18.6. The first-order valence-corrected chi connectivity index (χ1v) is 36.8. The number of amides is 8. The molecule has 2 fully saturated rings. The van der Waals surface area contributed by atoms with Crippen LogP contribution in [0.2, 0.25) is 0 Å². The highest BCUT2D eigenvalue weighted by molar-refractivity contribution is 5.98. The van der Waals surface area contributed by atoms with Crippen LogP contribution >= 0.6 is 0 Å². The zero-order valence-corrected chi connectivity index (χ0v) is 62.6. The lowest BCUT2D eigenvalue weighted by atomic mass is 9.55. The predicted molar refractivity (Wildman–Crippen MR) is 399 cm³/mol. The summed E-state index contributed by atoms with van der Waals surface area (Å²) in [5, 5.41) is 50.7. The van der Waals surface area contributed by atoms with Crippen molar-refractivity contribution >= 4 is 77.1 Å². The number of benzene rings is 4. The molecule has 7 rings (SSSR count). The van der Waals surface area contributed by atoms with Crippen molar-refractivity contribution in [3.63, 3.8) is 0 Å². The first kappa shape index (κ1) is 86.4. The van der Waals surface area contributed by atoms with Crippen molar-refractivity contribution in [1.29, 1.82) is 0 Å². The number of guanidine groups is 2. The maximum Gasteiger partial charge on any atom is 0.329 e. The summed E-state index contributed by atoms with van der Waals surface area (Å²) >= 11 is 0. The molecular weight excluding hydrogens is 1440 g/mol. The third-order valence-electron chi connectivity index (χ3n) is 19.6. The fourth-order valence-electron chi connectivity index (χ4n) is 13.8. The molecular formula is C75H100N16O20. The molecule has 15 N–H and O–H groups in total. The first-order valence-electron chi connectivity index (χ1n) is 36.8.